The van der Waals surface area contributed by atoms with E-state index in [9.17, 15) is 9.90 Å². The van der Waals surface area contributed by atoms with Gasteiger partial charge in [-0.1, -0.05) is 26.0 Å². The standard InChI is InChI=1S/C17H19NO2/c1-10(2)13-9-14(11(3)8-16(13)19)17(20)12-6-4-5-7-15(12)18/h4-10,19H,18H2,1-3H3. The zero-order valence-corrected chi connectivity index (χ0v) is 12.0. The van der Waals surface area contributed by atoms with Crippen molar-refractivity contribution in [3.8, 4) is 5.75 Å². The van der Waals surface area contributed by atoms with Gasteiger partial charge in [-0.15, -0.1) is 0 Å². The molecule has 0 unspecified atom stereocenters. The molecule has 0 atom stereocenters. The predicted molar refractivity (Wildman–Crippen MR) is 81.2 cm³/mol. The van der Waals surface area contributed by atoms with Gasteiger partial charge in [0.1, 0.15) is 5.75 Å². The SMILES string of the molecule is Cc1cc(O)c(C(C)C)cc1C(=O)c1ccccc1N. The van der Waals surface area contributed by atoms with Crippen LogP contribution in [0.5, 0.6) is 5.75 Å². The number of anilines is 1. The van der Waals surface area contributed by atoms with Gasteiger partial charge in [-0.3, -0.25) is 4.79 Å². The molecule has 0 aliphatic carbocycles. The molecule has 0 aliphatic heterocycles. The molecule has 3 heteroatoms. The number of para-hydroxylation sites is 1. The van der Waals surface area contributed by atoms with Crippen LogP contribution >= 0.6 is 0 Å². The van der Waals surface area contributed by atoms with Crippen LogP contribution in [0.1, 0.15) is 46.8 Å². The summed E-state index contributed by atoms with van der Waals surface area (Å²) >= 11 is 0. The molecule has 0 radical (unpaired) electrons. The van der Waals surface area contributed by atoms with Crippen LogP contribution in [-0.2, 0) is 0 Å². The Morgan fingerprint density at radius 3 is 2.40 bits per heavy atom. The lowest BCUT2D eigenvalue weighted by molar-refractivity contribution is 0.103. The number of phenols is 1. The quantitative estimate of drug-likeness (QED) is 0.660. The number of nitrogen functional groups attached to an aromatic ring is 1. The fourth-order valence-electron chi connectivity index (χ4n) is 2.27. The van der Waals surface area contributed by atoms with E-state index in [-0.39, 0.29) is 17.5 Å². The van der Waals surface area contributed by atoms with Crippen molar-refractivity contribution < 1.29 is 9.90 Å². The Hall–Kier alpha value is -2.29. The van der Waals surface area contributed by atoms with E-state index in [1.54, 1.807) is 36.4 Å². The van der Waals surface area contributed by atoms with Gasteiger partial charge in [0.2, 0.25) is 0 Å². The van der Waals surface area contributed by atoms with Crippen LogP contribution in [0.25, 0.3) is 0 Å². The molecule has 0 spiro atoms. The second-order valence-electron chi connectivity index (χ2n) is 5.30. The highest BCUT2D eigenvalue weighted by Crippen LogP contribution is 2.30. The Balaban J connectivity index is 2.56. The summed E-state index contributed by atoms with van der Waals surface area (Å²) in [4.78, 5) is 12.6. The maximum atomic E-state index is 12.6. The lowest BCUT2D eigenvalue weighted by Crippen LogP contribution is -2.08. The molecule has 3 nitrogen and oxygen atoms in total. The summed E-state index contributed by atoms with van der Waals surface area (Å²) in [6, 6.07) is 10.4. The fraction of sp³-hybridized carbons (Fsp3) is 0.235. The van der Waals surface area contributed by atoms with Crippen LogP contribution in [0, 0.1) is 6.92 Å². The fourth-order valence-corrected chi connectivity index (χ4v) is 2.27. The predicted octanol–water partition coefficient (Wildman–Crippen LogP) is 3.64. The third-order valence-corrected chi connectivity index (χ3v) is 3.45. The summed E-state index contributed by atoms with van der Waals surface area (Å²) in [6.07, 6.45) is 0. The molecule has 0 aromatic heterocycles. The molecule has 0 saturated heterocycles. The van der Waals surface area contributed by atoms with Crippen LogP contribution in [0.15, 0.2) is 36.4 Å². The molecule has 2 aromatic carbocycles. The summed E-state index contributed by atoms with van der Waals surface area (Å²) in [6.45, 7) is 5.78. The average molecular weight is 269 g/mol. The van der Waals surface area contributed by atoms with Crippen LogP contribution < -0.4 is 5.73 Å². The minimum Gasteiger partial charge on any atom is -0.508 e. The average Bonchev–Trinajstić information content (AvgIpc) is 2.38. The van der Waals surface area contributed by atoms with Crippen LogP contribution in [0.2, 0.25) is 0 Å². The summed E-state index contributed by atoms with van der Waals surface area (Å²) in [5, 5.41) is 9.96. The summed E-state index contributed by atoms with van der Waals surface area (Å²) < 4.78 is 0. The number of phenolic OH excluding ortho intramolecular Hbond substituents is 1. The van der Waals surface area contributed by atoms with E-state index in [2.05, 4.69) is 0 Å². The number of carbonyl (C=O) groups excluding carboxylic acids is 1. The van der Waals surface area contributed by atoms with E-state index in [1.165, 1.54) is 0 Å². The highest BCUT2D eigenvalue weighted by atomic mass is 16.3. The maximum Gasteiger partial charge on any atom is 0.195 e. The van der Waals surface area contributed by atoms with Gasteiger partial charge in [0.05, 0.1) is 0 Å². The Morgan fingerprint density at radius 2 is 1.80 bits per heavy atom. The molecule has 2 rings (SSSR count). The van der Waals surface area contributed by atoms with Gasteiger partial charge in [0.15, 0.2) is 5.78 Å². The molecule has 2 aromatic rings. The van der Waals surface area contributed by atoms with E-state index in [4.69, 9.17) is 5.73 Å². The van der Waals surface area contributed by atoms with Gasteiger partial charge in [-0.2, -0.15) is 0 Å². The first-order valence-corrected chi connectivity index (χ1v) is 6.64. The van der Waals surface area contributed by atoms with Crippen molar-refractivity contribution in [2.24, 2.45) is 0 Å². The summed E-state index contributed by atoms with van der Waals surface area (Å²) in [5.74, 6) is 0.271. The van der Waals surface area contributed by atoms with Crippen molar-refractivity contribution in [1.29, 1.82) is 0 Å². The number of aryl methyl sites for hydroxylation is 1. The van der Waals surface area contributed by atoms with Gasteiger partial charge in [0, 0.05) is 16.8 Å². The van der Waals surface area contributed by atoms with Gasteiger partial charge < -0.3 is 10.8 Å². The molecular weight excluding hydrogens is 250 g/mol. The number of benzene rings is 2. The van der Waals surface area contributed by atoms with Crippen molar-refractivity contribution in [1.82, 2.24) is 0 Å². The maximum absolute atomic E-state index is 12.6. The summed E-state index contributed by atoms with van der Waals surface area (Å²) in [7, 11) is 0. The minimum absolute atomic E-state index is 0.109. The molecule has 0 amide bonds. The lowest BCUT2D eigenvalue weighted by atomic mass is 9.92. The van der Waals surface area contributed by atoms with Crippen LogP contribution in [0.4, 0.5) is 5.69 Å². The molecule has 20 heavy (non-hydrogen) atoms. The number of rotatable bonds is 3. The molecule has 3 N–H and O–H groups in total. The third-order valence-electron chi connectivity index (χ3n) is 3.45. The molecule has 104 valence electrons. The topological polar surface area (TPSA) is 63.3 Å². The molecule has 0 bridgehead atoms. The normalized spacial score (nSPS) is 10.8. The Labute approximate surface area is 119 Å². The largest absolute Gasteiger partial charge is 0.508 e. The second kappa shape index (κ2) is 5.37. The van der Waals surface area contributed by atoms with Crippen LogP contribution in [0.3, 0.4) is 0 Å². The van der Waals surface area contributed by atoms with Gasteiger partial charge in [0.25, 0.3) is 0 Å². The van der Waals surface area contributed by atoms with Crippen molar-refractivity contribution in [3.05, 3.63) is 58.7 Å². The van der Waals surface area contributed by atoms with Gasteiger partial charge in [-0.25, -0.2) is 0 Å². The molecular formula is C17H19NO2. The Kier molecular flexibility index (Phi) is 3.79. The zero-order valence-electron chi connectivity index (χ0n) is 12.0. The Bertz CT molecular complexity index is 660. The number of hydrogen-bond donors (Lipinski definition) is 2. The molecule has 0 fully saturated rings. The highest BCUT2D eigenvalue weighted by molar-refractivity contribution is 6.13. The number of aromatic hydroxyl groups is 1. The minimum atomic E-state index is -0.109. The first kappa shape index (κ1) is 14.1. The van der Waals surface area contributed by atoms with Crippen LogP contribution in [-0.4, -0.2) is 10.9 Å². The molecule has 0 aliphatic rings. The number of nitrogens with two attached hydrogens (primary N) is 1. The number of carbonyl (C=O) groups is 1. The van der Waals surface area contributed by atoms with E-state index < -0.39 is 0 Å². The van der Waals surface area contributed by atoms with Crippen molar-refractivity contribution in [2.45, 2.75) is 26.7 Å². The lowest BCUT2D eigenvalue weighted by Gasteiger charge is -2.13. The van der Waals surface area contributed by atoms with Gasteiger partial charge >= 0.3 is 0 Å². The Morgan fingerprint density at radius 1 is 1.15 bits per heavy atom. The van der Waals surface area contributed by atoms with Crippen molar-refractivity contribution >= 4 is 11.5 Å². The first-order chi connectivity index (χ1) is 9.41. The van der Waals surface area contributed by atoms with Gasteiger partial charge in [-0.05, 0) is 48.2 Å². The van der Waals surface area contributed by atoms with E-state index in [0.717, 1.165) is 11.1 Å². The first-order valence-electron chi connectivity index (χ1n) is 6.64. The molecule has 0 heterocycles. The smallest absolute Gasteiger partial charge is 0.195 e. The molecule has 0 saturated carbocycles. The van der Waals surface area contributed by atoms with Crippen molar-refractivity contribution in [2.75, 3.05) is 5.73 Å². The third kappa shape index (κ3) is 2.52. The number of hydrogen-bond acceptors (Lipinski definition) is 3. The zero-order chi connectivity index (χ0) is 14.9. The highest BCUT2D eigenvalue weighted by Gasteiger charge is 2.17. The summed E-state index contributed by atoms with van der Waals surface area (Å²) in [5.41, 5.74) is 8.94. The van der Waals surface area contributed by atoms with Crippen molar-refractivity contribution in [3.63, 3.8) is 0 Å². The van der Waals surface area contributed by atoms with E-state index >= 15 is 0 Å². The monoisotopic (exact) mass is 269 g/mol. The van der Waals surface area contributed by atoms with E-state index in [1.807, 2.05) is 20.8 Å². The second-order valence-corrected chi connectivity index (χ2v) is 5.30. The van der Waals surface area contributed by atoms with E-state index in [0.29, 0.717) is 16.8 Å². The number of ketones is 1.